The molecule has 4 nitrogen and oxygen atoms in total. The van der Waals surface area contributed by atoms with E-state index in [0.717, 1.165) is 11.1 Å². The molecule has 0 amide bonds. The van der Waals surface area contributed by atoms with Crippen molar-refractivity contribution in [3.63, 3.8) is 0 Å². The molecular formula is C20H25FO4. The Morgan fingerprint density at radius 2 is 2.00 bits per heavy atom. The number of fused-ring (bicyclic) bond motifs is 1. The highest BCUT2D eigenvalue weighted by Gasteiger charge is 2.30. The first-order valence-corrected chi connectivity index (χ1v) is 8.40. The fraction of sp³-hybridized carbons (Fsp3) is 0.450. The van der Waals surface area contributed by atoms with Gasteiger partial charge in [-0.2, -0.15) is 4.39 Å². The van der Waals surface area contributed by atoms with E-state index in [1.54, 1.807) is 12.1 Å². The molecule has 0 unspecified atom stereocenters. The largest absolute Gasteiger partial charge is 0.493 e. The lowest BCUT2D eigenvalue weighted by Gasteiger charge is -2.33. The lowest BCUT2D eigenvalue weighted by molar-refractivity contribution is -0.134. The zero-order valence-electron chi connectivity index (χ0n) is 15.6. The summed E-state index contributed by atoms with van der Waals surface area (Å²) in [6.07, 6.45) is 2.05. The van der Waals surface area contributed by atoms with Crippen LogP contribution >= 0.6 is 0 Å². The van der Waals surface area contributed by atoms with E-state index in [1.807, 2.05) is 20.8 Å². The highest BCUT2D eigenvalue weighted by molar-refractivity contribution is 5.95. The Morgan fingerprint density at radius 3 is 2.52 bits per heavy atom. The molecule has 0 aromatic heterocycles. The molecule has 0 aliphatic carbocycles. The van der Waals surface area contributed by atoms with E-state index < -0.39 is 17.4 Å². The minimum atomic E-state index is -1.59. The molecule has 0 radical (unpaired) electrons. The van der Waals surface area contributed by atoms with E-state index in [9.17, 15) is 9.18 Å². The van der Waals surface area contributed by atoms with Crippen LogP contribution in [0.25, 0.3) is 11.1 Å². The summed E-state index contributed by atoms with van der Waals surface area (Å²) in [5.74, 6) is -1.47. The number of rotatable bonds is 5. The Kier molecular flexibility index (Phi) is 5.26. The van der Waals surface area contributed by atoms with Crippen LogP contribution in [0.5, 0.6) is 11.5 Å². The number of aliphatic carboxylic acids is 1. The van der Waals surface area contributed by atoms with Crippen LogP contribution in [0.2, 0.25) is 0 Å². The molecule has 2 rings (SSSR count). The minimum Gasteiger partial charge on any atom is -0.493 e. The number of halogens is 1. The average molecular weight is 348 g/mol. The quantitative estimate of drug-likeness (QED) is 0.754. The van der Waals surface area contributed by atoms with E-state index in [2.05, 4.69) is 19.9 Å². The molecule has 1 aliphatic heterocycles. The van der Waals surface area contributed by atoms with Crippen LogP contribution in [0.3, 0.4) is 0 Å². The molecule has 0 atom stereocenters. The first-order valence-electron chi connectivity index (χ1n) is 8.40. The zero-order valence-corrected chi connectivity index (χ0v) is 15.6. The number of allylic oxidation sites excluding steroid dienone is 2. The van der Waals surface area contributed by atoms with Gasteiger partial charge in [0.15, 0.2) is 0 Å². The molecule has 25 heavy (non-hydrogen) atoms. The van der Waals surface area contributed by atoms with Crippen LogP contribution < -0.4 is 9.47 Å². The number of benzene rings is 1. The number of carboxylic acid groups (broad SMARTS) is 1. The van der Waals surface area contributed by atoms with Gasteiger partial charge < -0.3 is 14.6 Å². The molecule has 1 aliphatic rings. The highest BCUT2D eigenvalue weighted by atomic mass is 19.1. The summed E-state index contributed by atoms with van der Waals surface area (Å²) >= 11 is 0. The standard InChI is InChI=1S/C20H25FO4/c1-7-24-16-9-17-14(8-13(16)12(4)18(21)19(22)23)15(11(2)3)10-20(5,6)25-17/h8-11H,7H2,1-6H3,(H,22,23)/b18-12+. The van der Waals surface area contributed by atoms with Crippen molar-refractivity contribution in [2.45, 2.75) is 47.1 Å². The van der Waals surface area contributed by atoms with Crippen LogP contribution in [0.15, 0.2) is 24.0 Å². The summed E-state index contributed by atoms with van der Waals surface area (Å²) in [5, 5.41) is 8.97. The van der Waals surface area contributed by atoms with Crippen molar-refractivity contribution in [2.24, 2.45) is 5.92 Å². The number of hydrogen-bond acceptors (Lipinski definition) is 3. The van der Waals surface area contributed by atoms with Crippen LogP contribution in [-0.2, 0) is 4.79 Å². The predicted octanol–water partition coefficient (Wildman–Crippen LogP) is 5.08. The zero-order chi connectivity index (χ0) is 18.9. The Labute approximate surface area is 148 Å². The summed E-state index contributed by atoms with van der Waals surface area (Å²) in [7, 11) is 0. The molecule has 0 bridgehead atoms. The lowest BCUT2D eigenvalue weighted by atomic mass is 9.86. The van der Waals surface area contributed by atoms with Crippen molar-refractivity contribution < 1.29 is 23.8 Å². The van der Waals surface area contributed by atoms with Gasteiger partial charge in [-0.1, -0.05) is 13.8 Å². The van der Waals surface area contributed by atoms with E-state index in [0.29, 0.717) is 23.7 Å². The second kappa shape index (κ2) is 6.90. The van der Waals surface area contributed by atoms with Gasteiger partial charge in [0.05, 0.1) is 6.61 Å². The second-order valence-corrected chi connectivity index (χ2v) is 6.98. The van der Waals surface area contributed by atoms with E-state index >= 15 is 0 Å². The summed E-state index contributed by atoms with van der Waals surface area (Å²) in [4.78, 5) is 11.0. The third-order valence-corrected chi connectivity index (χ3v) is 4.11. The smallest absolute Gasteiger partial charge is 0.365 e. The monoisotopic (exact) mass is 348 g/mol. The molecule has 1 heterocycles. The minimum absolute atomic E-state index is 0.0340. The maximum atomic E-state index is 14.0. The highest BCUT2D eigenvalue weighted by Crippen LogP contribution is 2.44. The van der Waals surface area contributed by atoms with Gasteiger partial charge in [-0.05, 0) is 51.3 Å². The molecular weight excluding hydrogens is 323 g/mol. The van der Waals surface area contributed by atoms with Gasteiger partial charge in [0.25, 0.3) is 0 Å². The lowest BCUT2D eigenvalue weighted by Crippen LogP contribution is -2.30. The summed E-state index contributed by atoms with van der Waals surface area (Å²) in [6.45, 7) is 11.7. The van der Waals surface area contributed by atoms with Gasteiger partial charge in [0.2, 0.25) is 5.83 Å². The molecule has 0 saturated heterocycles. The fourth-order valence-electron chi connectivity index (χ4n) is 2.96. The van der Waals surface area contributed by atoms with Gasteiger partial charge >= 0.3 is 5.97 Å². The molecule has 1 aromatic carbocycles. The summed E-state index contributed by atoms with van der Waals surface area (Å²) < 4.78 is 25.7. The first kappa shape index (κ1) is 19.0. The maximum Gasteiger partial charge on any atom is 0.365 e. The van der Waals surface area contributed by atoms with Crippen molar-refractivity contribution in [2.75, 3.05) is 6.61 Å². The third-order valence-electron chi connectivity index (χ3n) is 4.11. The van der Waals surface area contributed by atoms with Gasteiger partial charge in [-0.25, -0.2) is 4.79 Å². The van der Waals surface area contributed by atoms with Crippen LogP contribution in [0, 0.1) is 5.92 Å². The van der Waals surface area contributed by atoms with Crippen molar-refractivity contribution in [3.8, 4) is 11.5 Å². The first-order chi connectivity index (χ1) is 11.6. The molecule has 1 N–H and O–H groups in total. The van der Waals surface area contributed by atoms with Crippen molar-refractivity contribution in [3.05, 3.63) is 35.2 Å². The number of ether oxygens (including phenoxy) is 2. The van der Waals surface area contributed by atoms with E-state index in [1.165, 1.54) is 6.92 Å². The SMILES string of the molecule is CCOc1cc2c(cc1/C(C)=C(/F)C(=O)O)C(C(C)C)=CC(C)(C)O2. The third kappa shape index (κ3) is 3.86. The molecule has 1 aromatic rings. The average Bonchev–Trinajstić information content (AvgIpc) is 2.51. The van der Waals surface area contributed by atoms with Crippen LogP contribution in [0.1, 0.15) is 52.7 Å². The van der Waals surface area contributed by atoms with Crippen molar-refractivity contribution in [1.29, 1.82) is 0 Å². The maximum absolute atomic E-state index is 14.0. The number of hydrogen-bond donors (Lipinski definition) is 1. The fourth-order valence-corrected chi connectivity index (χ4v) is 2.96. The molecule has 0 spiro atoms. The van der Waals surface area contributed by atoms with E-state index in [4.69, 9.17) is 14.6 Å². The molecule has 0 saturated carbocycles. The van der Waals surface area contributed by atoms with Crippen LogP contribution in [0.4, 0.5) is 4.39 Å². The van der Waals surface area contributed by atoms with Gasteiger partial charge in [0.1, 0.15) is 17.1 Å². The van der Waals surface area contributed by atoms with Crippen molar-refractivity contribution in [1.82, 2.24) is 0 Å². The second-order valence-electron chi connectivity index (χ2n) is 6.98. The molecule has 5 heteroatoms. The summed E-state index contributed by atoms with van der Waals surface area (Å²) in [5.41, 5.74) is 1.92. The van der Waals surface area contributed by atoms with Gasteiger partial charge in [0, 0.05) is 22.8 Å². The molecule has 0 fully saturated rings. The van der Waals surface area contributed by atoms with Crippen LogP contribution in [-0.4, -0.2) is 23.3 Å². The van der Waals surface area contributed by atoms with Gasteiger partial charge in [-0.15, -0.1) is 0 Å². The predicted molar refractivity (Wildman–Crippen MR) is 96.5 cm³/mol. The Hall–Kier alpha value is -2.30. The Bertz CT molecular complexity index is 757. The Balaban J connectivity index is 2.74. The molecule has 136 valence electrons. The normalized spacial score (nSPS) is 16.6. The van der Waals surface area contributed by atoms with E-state index in [-0.39, 0.29) is 11.5 Å². The number of carboxylic acids is 1. The van der Waals surface area contributed by atoms with Gasteiger partial charge in [-0.3, -0.25) is 0 Å². The van der Waals surface area contributed by atoms with Crippen molar-refractivity contribution >= 4 is 17.1 Å². The topological polar surface area (TPSA) is 55.8 Å². The Morgan fingerprint density at radius 1 is 1.36 bits per heavy atom. The number of carbonyl (C=O) groups is 1. The summed E-state index contributed by atoms with van der Waals surface area (Å²) in [6, 6.07) is 3.49.